The van der Waals surface area contributed by atoms with Gasteiger partial charge in [-0.25, -0.2) is 0 Å². The molecule has 4 nitrogen and oxygen atoms in total. The molecule has 0 unspecified atom stereocenters. The fourth-order valence-corrected chi connectivity index (χ4v) is 13.2. The molecule has 0 saturated carbocycles. The monoisotopic (exact) mass is 1180 g/mol. The largest absolute Gasteiger partial charge is 0.454 e. The molecule has 6 heteroatoms. The van der Waals surface area contributed by atoms with Crippen LogP contribution in [-0.4, -0.2) is 0 Å². The number of para-hydroxylation sites is 3. The predicted molar refractivity (Wildman–Crippen MR) is 377 cm³/mol. The van der Waals surface area contributed by atoms with Gasteiger partial charge in [0.2, 0.25) is 0 Å². The Morgan fingerprint density at radius 3 is 1.64 bits per heavy atom. The molecule has 0 N–H and O–H groups in total. The second-order valence-electron chi connectivity index (χ2n) is 24.3. The van der Waals surface area contributed by atoms with Gasteiger partial charge < -0.3 is 19.1 Å². The Balaban J connectivity index is 1.11. The van der Waals surface area contributed by atoms with Crippen molar-refractivity contribution in [3.8, 4) is 44.5 Å². The molecule has 0 spiro atoms. The van der Waals surface area contributed by atoms with Gasteiger partial charge in [0.25, 0.3) is 0 Å². The molecule has 0 amide bonds. The number of hydrogen-bond donors (Lipinski definition) is 0. The van der Waals surface area contributed by atoms with Gasteiger partial charge in [0.05, 0.1) is 46.0 Å². The van der Waals surface area contributed by atoms with E-state index in [0.29, 0.717) is 38.8 Å². The van der Waals surface area contributed by atoms with Gasteiger partial charge in [-0.3, -0.25) is 0 Å². The van der Waals surface area contributed by atoms with Crippen LogP contribution in [-0.2, 0) is 10.8 Å². The van der Waals surface area contributed by atoms with E-state index in [1.807, 2.05) is 72.8 Å². The van der Waals surface area contributed by atoms with Gasteiger partial charge in [0, 0.05) is 54.4 Å². The molecule has 88 heavy (non-hydrogen) atoms. The first kappa shape index (κ1) is 50.3. The molecule has 14 rings (SSSR count). The Morgan fingerprint density at radius 2 is 0.932 bits per heavy atom. The summed E-state index contributed by atoms with van der Waals surface area (Å²) in [5.41, 5.74) is 16.4. The fraction of sp³-hybridized carbons (Fsp3) is 0.0976. The first-order valence-corrected chi connectivity index (χ1v) is 31.0. The average molecular weight is 1180 g/mol. The minimum Gasteiger partial charge on any atom is -0.454 e. The van der Waals surface area contributed by atoms with Crippen molar-refractivity contribution in [1.29, 1.82) is 0 Å². The second-order valence-corrected chi connectivity index (χ2v) is 25.6. The van der Waals surface area contributed by atoms with Crippen molar-refractivity contribution in [2.75, 3.05) is 14.7 Å². The molecular formula is C82H66ClN3OS. The third-order valence-electron chi connectivity index (χ3n) is 16.6. The van der Waals surface area contributed by atoms with Crippen LogP contribution < -0.4 is 14.7 Å². The molecule has 0 atom stereocenters. The van der Waals surface area contributed by atoms with E-state index in [1.165, 1.54) is 5.56 Å². The number of anilines is 9. The van der Waals surface area contributed by atoms with Crippen LogP contribution >= 0.6 is 22.9 Å². The quantitative estimate of drug-likeness (QED) is 0.115. The molecule has 0 aliphatic heterocycles. The molecule has 0 bridgehead atoms. The molecule has 0 radical (unpaired) electrons. The van der Waals surface area contributed by atoms with Crippen LogP contribution in [0.4, 0.5) is 51.2 Å². The maximum atomic E-state index is 9.74. The molecule has 0 fully saturated rings. The minimum absolute atomic E-state index is 0.0195. The summed E-state index contributed by atoms with van der Waals surface area (Å²) in [6.07, 6.45) is 0. The first-order chi connectivity index (χ1) is 44.9. The zero-order valence-corrected chi connectivity index (χ0v) is 51.4. The lowest BCUT2D eigenvalue weighted by molar-refractivity contribution is 0.590. The number of nitrogens with zero attached hydrogens (tertiary/aromatic N) is 3. The smallest absolute Gasteiger partial charge is 0.159 e. The zero-order valence-electron chi connectivity index (χ0n) is 54.9. The van der Waals surface area contributed by atoms with Crippen molar-refractivity contribution in [3.05, 3.63) is 307 Å². The average Bonchev–Trinajstić information content (AvgIpc) is 1.72. The van der Waals surface area contributed by atoms with E-state index in [-0.39, 0.29) is 28.5 Å². The van der Waals surface area contributed by atoms with Crippen LogP contribution in [0.5, 0.6) is 0 Å². The van der Waals surface area contributed by atoms with Crippen molar-refractivity contribution < 1.29 is 11.3 Å². The first-order valence-electron chi connectivity index (χ1n) is 32.2. The summed E-state index contributed by atoms with van der Waals surface area (Å²) in [6.45, 7) is 13.3. The van der Waals surface area contributed by atoms with Gasteiger partial charge in [-0.05, 0) is 140 Å². The lowest BCUT2D eigenvalue weighted by Crippen LogP contribution is -2.17. The number of rotatable bonds is 13. The maximum absolute atomic E-state index is 9.74. The molecule has 12 aromatic carbocycles. The van der Waals surface area contributed by atoms with Gasteiger partial charge >= 0.3 is 0 Å². The van der Waals surface area contributed by atoms with E-state index >= 15 is 0 Å². The van der Waals surface area contributed by atoms with Crippen molar-refractivity contribution in [2.24, 2.45) is 0 Å². The molecule has 0 aliphatic carbocycles. The molecule has 428 valence electrons. The Labute approximate surface area is 532 Å². The van der Waals surface area contributed by atoms with E-state index in [1.54, 1.807) is 11.3 Å². The Morgan fingerprint density at radius 1 is 0.364 bits per heavy atom. The van der Waals surface area contributed by atoms with Crippen LogP contribution in [0.1, 0.15) is 59.5 Å². The van der Waals surface area contributed by atoms with Crippen molar-refractivity contribution in [3.63, 3.8) is 0 Å². The Kier molecular flexibility index (Phi) is 13.2. The highest BCUT2D eigenvalue weighted by molar-refractivity contribution is 7.17. The van der Waals surface area contributed by atoms with Crippen LogP contribution in [0.2, 0.25) is 5.02 Å². The van der Waals surface area contributed by atoms with E-state index < -0.39 is 18.1 Å². The maximum Gasteiger partial charge on any atom is 0.159 e. The Hall–Kier alpha value is -9.91. The van der Waals surface area contributed by atoms with E-state index in [9.17, 15) is 5.48 Å². The SMILES string of the molecule is [2H]c1c([2H])c([2H])c(-c2cc(N(c3cccc(N(c4ccc(C(C)(C)C)cc4)c4ccccc4-c4ccccc4)c3)c3ccc(C(C)(C)C)cc3-c3ccccc3)c(Cl)c(N(c3csc4ccc(-c5ccccc5)cc34)c3cccc4c3oc3ccccc34)c2)c([2H])c1[2H]. The third-order valence-corrected chi connectivity index (χ3v) is 17.9. The number of halogens is 1. The number of thiophene rings is 1. The van der Waals surface area contributed by atoms with Crippen LogP contribution in [0.3, 0.4) is 0 Å². The molecule has 0 aliphatic rings. The summed E-state index contributed by atoms with van der Waals surface area (Å²) in [7, 11) is 0. The second kappa shape index (κ2) is 23.1. The van der Waals surface area contributed by atoms with Gasteiger partial charge in [-0.15, -0.1) is 11.3 Å². The van der Waals surface area contributed by atoms with Crippen molar-refractivity contribution in [1.82, 2.24) is 0 Å². The highest BCUT2D eigenvalue weighted by atomic mass is 35.5. The van der Waals surface area contributed by atoms with Crippen LogP contribution in [0.25, 0.3) is 76.5 Å². The third kappa shape index (κ3) is 10.6. The topological polar surface area (TPSA) is 22.9 Å². The van der Waals surface area contributed by atoms with E-state index in [4.69, 9.17) is 17.4 Å². The minimum atomic E-state index is -0.489. The van der Waals surface area contributed by atoms with Gasteiger partial charge in [0.15, 0.2) is 5.58 Å². The zero-order chi connectivity index (χ0) is 64.4. The molecular weight excluding hydrogens is 1110 g/mol. The van der Waals surface area contributed by atoms with E-state index in [0.717, 1.165) is 93.9 Å². The van der Waals surface area contributed by atoms with Gasteiger partial charge in [-0.2, -0.15) is 0 Å². The number of hydrogen-bond acceptors (Lipinski definition) is 5. The van der Waals surface area contributed by atoms with Gasteiger partial charge in [-0.1, -0.05) is 253 Å². The predicted octanol–water partition coefficient (Wildman–Crippen LogP) is 25.1. The molecule has 14 aromatic rings. The summed E-state index contributed by atoms with van der Waals surface area (Å²) in [5, 5.41) is 5.24. The molecule has 2 aromatic heterocycles. The lowest BCUT2D eigenvalue weighted by Gasteiger charge is -2.34. The summed E-state index contributed by atoms with van der Waals surface area (Å²) in [6, 6.07) is 86.0. The van der Waals surface area contributed by atoms with Gasteiger partial charge in [0.1, 0.15) is 5.58 Å². The highest BCUT2D eigenvalue weighted by Gasteiger charge is 2.31. The van der Waals surface area contributed by atoms with E-state index in [2.05, 4.69) is 244 Å². The number of furan rings is 1. The fourth-order valence-electron chi connectivity index (χ4n) is 12.0. The molecule has 0 saturated heterocycles. The highest BCUT2D eigenvalue weighted by Crippen LogP contribution is 2.55. The van der Waals surface area contributed by atoms with Crippen LogP contribution in [0, 0.1) is 0 Å². The summed E-state index contributed by atoms with van der Waals surface area (Å²) < 4.78 is 54.7. The molecule has 2 heterocycles. The summed E-state index contributed by atoms with van der Waals surface area (Å²) >= 11 is 10.2. The lowest BCUT2D eigenvalue weighted by atomic mass is 9.84. The van der Waals surface area contributed by atoms with Crippen molar-refractivity contribution in [2.45, 2.75) is 52.4 Å². The summed E-state index contributed by atoms with van der Waals surface area (Å²) in [4.78, 5) is 6.64. The summed E-state index contributed by atoms with van der Waals surface area (Å²) in [5.74, 6) is 0. The normalized spacial score (nSPS) is 12.6. The van der Waals surface area contributed by atoms with Crippen molar-refractivity contribution >= 4 is 106 Å². The van der Waals surface area contributed by atoms with Crippen LogP contribution in [0.15, 0.2) is 295 Å². The Bertz CT molecular complexity index is 5130. The number of benzene rings is 12. The standard InChI is InChI=1S/C82H66ClN3OS/c1-81(2,3)61-42-45-63(46-43-61)84(71-38-21-19-35-66(71)57-29-15-9-16-30-57)64-33-23-34-65(53-64)85(72-47-44-62(82(4,5)6)52-69(72)58-31-17-10-18-32-58)74-50-60(56-27-13-8-14-28-56)51-75(79(74)83)86(73-39-24-37-68-67-36-20-22-40-77(67)87-80(68)73)76-54-88-78-48-41-59(49-70(76)78)55-25-11-7-12-26-55/h7-54H,1-6H3/i8D,13D,14D,27D,28D. The number of fused-ring (bicyclic) bond motifs is 4.